The summed E-state index contributed by atoms with van der Waals surface area (Å²) in [7, 11) is 0. The molecule has 0 saturated heterocycles. The highest BCUT2D eigenvalue weighted by Crippen LogP contribution is 2.30. The maximum atomic E-state index is 13.1. The van der Waals surface area contributed by atoms with Crippen molar-refractivity contribution in [3.63, 3.8) is 0 Å². The molecular formula is C24H20ClN3O3. The van der Waals surface area contributed by atoms with Gasteiger partial charge in [-0.3, -0.25) is 14.4 Å². The second kappa shape index (κ2) is 8.70. The van der Waals surface area contributed by atoms with E-state index in [9.17, 15) is 14.4 Å². The van der Waals surface area contributed by atoms with Gasteiger partial charge < -0.3 is 10.2 Å². The molecule has 6 nitrogen and oxygen atoms in total. The zero-order valence-electron chi connectivity index (χ0n) is 16.9. The lowest BCUT2D eigenvalue weighted by Crippen LogP contribution is -2.32. The summed E-state index contributed by atoms with van der Waals surface area (Å²) >= 11 is 6.05. The minimum atomic E-state index is -0.310. The summed E-state index contributed by atoms with van der Waals surface area (Å²) in [6.07, 6.45) is 2.36. The molecule has 2 heterocycles. The largest absolute Gasteiger partial charge is 0.321 e. The number of ketones is 1. The maximum Gasteiger partial charge on any atom is 0.276 e. The standard InChI is InChI=1S/C24H20ClN3O3/c1-15-4-2-5-16(12-15)23(30)27-18-8-9-20(26-14-18)24(31)28-11-3-6-22(29)19-13-17(25)7-10-21(19)28/h2,4-5,7-10,12-14H,3,6,11H2,1H3,(H,27,30). The molecule has 3 aromatic rings. The van der Waals surface area contributed by atoms with E-state index in [4.69, 9.17) is 11.6 Å². The number of nitrogens with zero attached hydrogens (tertiary/aromatic N) is 2. The first-order valence-corrected chi connectivity index (χ1v) is 10.3. The lowest BCUT2D eigenvalue weighted by atomic mass is 10.1. The smallest absolute Gasteiger partial charge is 0.276 e. The van der Waals surface area contributed by atoms with Crippen LogP contribution in [-0.2, 0) is 0 Å². The number of hydrogen-bond acceptors (Lipinski definition) is 4. The minimum Gasteiger partial charge on any atom is -0.321 e. The number of carbonyl (C=O) groups is 3. The van der Waals surface area contributed by atoms with Gasteiger partial charge in [0.1, 0.15) is 5.69 Å². The van der Waals surface area contributed by atoms with Gasteiger partial charge in [0.05, 0.1) is 17.6 Å². The van der Waals surface area contributed by atoms with Crippen LogP contribution < -0.4 is 10.2 Å². The molecule has 1 aliphatic heterocycles. The highest BCUT2D eigenvalue weighted by Gasteiger charge is 2.26. The second-order valence-corrected chi connectivity index (χ2v) is 7.84. The number of amides is 2. The van der Waals surface area contributed by atoms with Crippen LogP contribution in [0.15, 0.2) is 60.8 Å². The van der Waals surface area contributed by atoms with Crippen molar-refractivity contribution in [2.24, 2.45) is 0 Å². The fourth-order valence-electron chi connectivity index (χ4n) is 3.55. The third kappa shape index (κ3) is 4.49. The molecule has 2 aromatic carbocycles. The van der Waals surface area contributed by atoms with Crippen LogP contribution in [0, 0.1) is 6.92 Å². The number of fused-ring (bicyclic) bond motifs is 1. The van der Waals surface area contributed by atoms with E-state index in [1.165, 1.54) is 6.20 Å². The predicted molar refractivity (Wildman–Crippen MR) is 120 cm³/mol. The number of aryl methyl sites for hydroxylation is 1. The number of benzene rings is 2. The Labute approximate surface area is 184 Å². The summed E-state index contributed by atoms with van der Waals surface area (Å²) < 4.78 is 0. The average molecular weight is 434 g/mol. The molecule has 7 heteroatoms. The Morgan fingerprint density at radius 3 is 2.68 bits per heavy atom. The van der Waals surface area contributed by atoms with Gasteiger partial charge in [-0.2, -0.15) is 0 Å². The van der Waals surface area contributed by atoms with Crippen molar-refractivity contribution in [1.29, 1.82) is 0 Å². The average Bonchev–Trinajstić information content (AvgIpc) is 2.92. The van der Waals surface area contributed by atoms with E-state index in [1.54, 1.807) is 47.4 Å². The third-order valence-corrected chi connectivity index (χ3v) is 5.34. The molecule has 1 N–H and O–H groups in total. The van der Waals surface area contributed by atoms with Crippen LogP contribution in [-0.4, -0.2) is 29.1 Å². The van der Waals surface area contributed by atoms with Crippen LogP contribution >= 0.6 is 11.6 Å². The van der Waals surface area contributed by atoms with Crippen LogP contribution in [0.4, 0.5) is 11.4 Å². The van der Waals surface area contributed by atoms with Gasteiger partial charge in [0.2, 0.25) is 0 Å². The summed E-state index contributed by atoms with van der Waals surface area (Å²) in [4.78, 5) is 43.7. The second-order valence-electron chi connectivity index (χ2n) is 7.40. The van der Waals surface area contributed by atoms with Gasteiger partial charge in [-0.15, -0.1) is 0 Å². The zero-order chi connectivity index (χ0) is 22.0. The van der Waals surface area contributed by atoms with E-state index in [1.807, 2.05) is 19.1 Å². The Morgan fingerprint density at radius 2 is 1.94 bits per heavy atom. The summed E-state index contributed by atoms with van der Waals surface area (Å²) in [5.74, 6) is -0.591. The molecule has 2 amide bonds. The summed E-state index contributed by atoms with van der Waals surface area (Å²) in [6, 6.07) is 15.4. The van der Waals surface area contributed by atoms with E-state index in [-0.39, 0.29) is 23.3 Å². The predicted octanol–water partition coefficient (Wildman–Crippen LogP) is 4.92. The molecule has 0 fully saturated rings. The molecule has 1 aromatic heterocycles. The molecule has 31 heavy (non-hydrogen) atoms. The summed E-state index contributed by atoms with van der Waals surface area (Å²) in [5, 5.41) is 3.24. The number of rotatable bonds is 3. The highest BCUT2D eigenvalue weighted by atomic mass is 35.5. The molecule has 0 aliphatic carbocycles. The summed E-state index contributed by atoms with van der Waals surface area (Å²) in [5.41, 5.74) is 3.23. The number of pyridine rings is 1. The fraction of sp³-hybridized carbons (Fsp3) is 0.167. The quantitative estimate of drug-likeness (QED) is 0.635. The molecule has 0 unspecified atom stereocenters. The Morgan fingerprint density at radius 1 is 1.10 bits per heavy atom. The van der Waals surface area contributed by atoms with E-state index < -0.39 is 0 Å². The van der Waals surface area contributed by atoms with Crippen LogP contribution in [0.5, 0.6) is 0 Å². The maximum absolute atomic E-state index is 13.1. The molecule has 1 aliphatic rings. The van der Waals surface area contributed by atoms with Crippen LogP contribution in [0.2, 0.25) is 5.02 Å². The van der Waals surface area contributed by atoms with Crippen molar-refractivity contribution in [3.8, 4) is 0 Å². The molecule has 156 valence electrons. The summed E-state index contributed by atoms with van der Waals surface area (Å²) in [6.45, 7) is 2.33. The molecule has 0 bridgehead atoms. The van der Waals surface area contributed by atoms with Crippen molar-refractivity contribution in [2.45, 2.75) is 19.8 Å². The van der Waals surface area contributed by atoms with Crippen molar-refractivity contribution in [2.75, 3.05) is 16.8 Å². The first kappa shape index (κ1) is 20.8. The first-order valence-electron chi connectivity index (χ1n) is 9.91. The van der Waals surface area contributed by atoms with Crippen LogP contribution in [0.1, 0.15) is 49.6 Å². The SMILES string of the molecule is Cc1cccc(C(=O)Nc2ccc(C(=O)N3CCCC(=O)c4cc(Cl)ccc43)nc2)c1. The number of halogens is 1. The zero-order valence-corrected chi connectivity index (χ0v) is 17.6. The number of anilines is 2. The topological polar surface area (TPSA) is 79.4 Å². The van der Waals surface area contributed by atoms with Gasteiger partial charge in [-0.05, 0) is 55.8 Å². The van der Waals surface area contributed by atoms with Gasteiger partial charge in [0, 0.05) is 29.1 Å². The fourth-order valence-corrected chi connectivity index (χ4v) is 3.73. The molecule has 0 radical (unpaired) electrons. The van der Waals surface area contributed by atoms with Gasteiger partial charge in [0.25, 0.3) is 11.8 Å². The van der Waals surface area contributed by atoms with Gasteiger partial charge in [0.15, 0.2) is 5.78 Å². The number of nitrogens with one attached hydrogen (secondary N) is 1. The van der Waals surface area contributed by atoms with Gasteiger partial charge in [-0.25, -0.2) is 4.98 Å². The van der Waals surface area contributed by atoms with Crippen molar-refractivity contribution in [1.82, 2.24) is 4.98 Å². The lowest BCUT2D eigenvalue weighted by molar-refractivity contribution is 0.0971. The van der Waals surface area contributed by atoms with E-state index in [0.717, 1.165) is 5.56 Å². The van der Waals surface area contributed by atoms with Crippen LogP contribution in [0.3, 0.4) is 0 Å². The Hall–Kier alpha value is -3.51. The third-order valence-electron chi connectivity index (χ3n) is 5.10. The van der Waals surface area contributed by atoms with Crippen molar-refractivity contribution >= 4 is 40.6 Å². The van der Waals surface area contributed by atoms with E-state index >= 15 is 0 Å². The molecule has 4 rings (SSSR count). The first-order chi connectivity index (χ1) is 14.9. The van der Waals surface area contributed by atoms with Crippen LogP contribution in [0.25, 0.3) is 0 Å². The normalized spacial score (nSPS) is 13.4. The molecule has 0 saturated carbocycles. The minimum absolute atomic E-state index is 0.0324. The van der Waals surface area contributed by atoms with Crippen molar-refractivity contribution < 1.29 is 14.4 Å². The number of aromatic nitrogens is 1. The Bertz CT molecular complexity index is 1170. The van der Waals surface area contributed by atoms with E-state index in [0.29, 0.717) is 46.9 Å². The van der Waals surface area contributed by atoms with Gasteiger partial charge >= 0.3 is 0 Å². The van der Waals surface area contributed by atoms with Crippen molar-refractivity contribution in [3.05, 3.63) is 88.2 Å². The monoisotopic (exact) mass is 433 g/mol. The van der Waals surface area contributed by atoms with E-state index in [2.05, 4.69) is 10.3 Å². The number of Topliss-reactive ketones (excluding diaryl/α,β-unsaturated/α-hetero) is 1. The molecular weight excluding hydrogens is 414 g/mol. The Balaban J connectivity index is 1.54. The van der Waals surface area contributed by atoms with Gasteiger partial charge in [-0.1, -0.05) is 29.3 Å². The number of hydrogen-bond donors (Lipinski definition) is 1. The molecule has 0 atom stereocenters. The highest BCUT2D eigenvalue weighted by molar-refractivity contribution is 6.31. The number of carbonyl (C=O) groups excluding carboxylic acids is 3. The Kier molecular flexibility index (Phi) is 5.82. The molecule has 0 spiro atoms. The lowest BCUT2D eigenvalue weighted by Gasteiger charge is -2.22.